The predicted molar refractivity (Wildman–Crippen MR) is 98.9 cm³/mol. The lowest BCUT2D eigenvalue weighted by molar-refractivity contribution is -0.144. The maximum absolute atomic E-state index is 12.1. The molecule has 0 aliphatic rings. The Balaban J connectivity index is 2.05. The van der Waals surface area contributed by atoms with E-state index in [9.17, 15) is 9.59 Å². The lowest BCUT2D eigenvalue weighted by Crippen LogP contribution is -2.30. The molecule has 0 aliphatic heterocycles. The highest BCUT2D eigenvalue weighted by atomic mass is 32.2. The number of esters is 1. The number of nitrogens with zero attached hydrogens (tertiary/aromatic N) is 2. The SMILES string of the molecule is COC(=O)[C@H](C)n1cc(SC)nc1[C@H](C)NC(=O)OCc1ccccc1. The molecule has 0 saturated heterocycles. The van der Waals surface area contributed by atoms with Gasteiger partial charge in [-0.2, -0.15) is 0 Å². The Morgan fingerprint density at radius 1 is 1.27 bits per heavy atom. The van der Waals surface area contributed by atoms with Crippen molar-refractivity contribution in [1.82, 2.24) is 14.9 Å². The molecular weight excluding hydrogens is 354 g/mol. The summed E-state index contributed by atoms with van der Waals surface area (Å²) in [4.78, 5) is 28.4. The molecule has 0 fully saturated rings. The summed E-state index contributed by atoms with van der Waals surface area (Å²) in [6, 6.07) is 8.44. The summed E-state index contributed by atoms with van der Waals surface area (Å²) < 4.78 is 11.8. The van der Waals surface area contributed by atoms with Crippen LogP contribution in [0.1, 0.15) is 37.3 Å². The van der Waals surface area contributed by atoms with Gasteiger partial charge in [-0.25, -0.2) is 14.6 Å². The first-order chi connectivity index (χ1) is 12.5. The summed E-state index contributed by atoms with van der Waals surface area (Å²) in [5.41, 5.74) is 0.904. The van der Waals surface area contributed by atoms with E-state index >= 15 is 0 Å². The topological polar surface area (TPSA) is 82.5 Å². The van der Waals surface area contributed by atoms with Crippen LogP contribution in [0.5, 0.6) is 0 Å². The van der Waals surface area contributed by atoms with E-state index in [2.05, 4.69) is 10.3 Å². The predicted octanol–water partition coefficient (Wildman–Crippen LogP) is 3.33. The smallest absolute Gasteiger partial charge is 0.408 e. The van der Waals surface area contributed by atoms with Crippen LogP contribution in [0.25, 0.3) is 0 Å². The highest BCUT2D eigenvalue weighted by molar-refractivity contribution is 7.98. The average molecular weight is 377 g/mol. The maximum Gasteiger partial charge on any atom is 0.408 e. The van der Waals surface area contributed by atoms with E-state index in [0.717, 1.165) is 10.6 Å². The zero-order chi connectivity index (χ0) is 19.1. The molecule has 1 amide bonds. The monoisotopic (exact) mass is 377 g/mol. The molecule has 8 heteroatoms. The van der Waals surface area contributed by atoms with Gasteiger partial charge in [0.25, 0.3) is 0 Å². The van der Waals surface area contributed by atoms with Gasteiger partial charge < -0.3 is 19.4 Å². The molecule has 0 saturated carbocycles. The van der Waals surface area contributed by atoms with Crippen molar-refractivity contribution in [2.24, 2.45) is 0 Å². The van der Waals surface area contributed by atoms with Gasteiger partial charge in [-0.05, 0) is 25.7 Å². The van der Waals surface area contributed by atoms with Crippen LogP contribution in [0.4, 0.5) is 4.79 Å². The van der Waals surface area contributed by atoms with Gasteiger partial charge in [0.2, 0.25) is 0 Å². The second-order valence-corrected chi connectivity index (χ2v) is 6.50. The van der Waals surface area contributed by atoms with Crippen LogP contribution in [0.3, 0.4) is 0 Å². The number of thioether (sulfide) groups is 1. The molecule has 2 rings (SSSR count). The number of carbonyl (C=O) groups is 2. The van der Waals surface area contributed by atoms with Crippen LogP contribution < -0.4 is 5.32 Å². The number of benzene rings is 1. The molecular formula is C18H23N3O4S. The summed E-state index contributed by atoms with van der Waals surface area (Å²) in [6.45, 7) is 3.70. The molecule has 26 heavy (non-hydrogen) atoms. The highest BCUT2D eigenvalue weighted by Gasteiger charge is 2.24. The molecule has 0 aliphatic carbocycles. The van der Waals surface area contributed by atoms with Gasteiger partial charge in [0.1, 0.15) is 23.5 Å². The Morgan fingerprint density at radius 3 is 2.58 bits per heavy atom. The number of amides is 1. The number of methoxy groups -OCH3 is 1. The Morgan fingerprint density at radius 2 is 1.96 bits per heavy atom. The minimum absolute atomic E-state index is 0.183. The van der Waals surface area contributed by atoms with Crippen molar-refractivity contribution < 1.29 is 19.1 Å². The highest BCUT2D eigenvalue weighted by Crippen LogP contribution is 2.23. The number of alkyl carbamates (subject to hydrolysis) is 1. The molecule has 1 aromatic carbocycles. The second kappa shape index (κ2) is 9.28. The second-order valence-electron chi connectivity index (χ2n) is 5.68. The Hall–Kier alpha value is -2.48. The van der Waals surface area contributed by atoms with E-state index in [1.54, 1.807) is 24.6 Å². The van der Waals surface area contributed by atoms with Gasteiger partial charge in [0.05, 0.1) is 13.2 Å². The number of aromatic nitrogens is 2. The molecule has 1 N–H and O–H groups in total. The van der Waals surface area contributed by atoms with Crippen molar-refractivity contribution in [3.63, 3.8) is 0 Å². The molecule has 140 valence electrons. The molecule has 0 spiro atoms. The quantitative estimate of drug-likeness (QED) is 0.589. The zero-order valence-corrected chi connectivity index (χ0v) is 16.1. The lowest BCUT2D eigenvalue weighted by Gasteiger charge is -2.18. The van der Waals surface area contributed by atoms with Crippen molar-refractivity contribution in [1.29, 1.82) is 0 Å². The van der Waals surface area contributed by atoms with E-state index in [0.29, 0.717) is 5.82 Å². The third kappa shape index (κ3) is 5.01. The first kappa shape index (κ1) is 19.8. The Kier molecular flexibility index (Phi) is 7.08. The summed E-state index contributed by atoms with van der Waals surface area (Å²) in [5, 5.41) is 3.50. The fraction of sp³-hybridized carbons (Fsp3) is 0.389. The molecule has 0 unspecified atom stereocenters. The Bertz CT molecular complexity index is 748. The van der Waals surface area contributed by atoms with E-state index in [1.165, 1.54) is 18.9 Å². The summed E-state index contributed by atoms with van der Waals surface area (Å²) in [5.74, 6) is 0.180. The molecule has 0 bridgehead atoms. The van der Waals surface area contributed by atoms with Crippen molar-refractivity contribution in [3.8, 4) is 0 Å². The van der Waals surface area contributed by atoms with Gasteiger partial charge >= 0.3 is 12.1 Å². The number of carbonyl (C=O) groups excluding carboxylic acids is 2. The van der Waals surface area contributed by atoms with Crippen molar-refractivity contribution >= 4 is 23.8 Å². The number of rotatable bonds is 7. The number of imidazole rings is 1. The normalized spacial score (nSPS) is 12.9. The Labute approximate surface area is 157 Å². The largest absolute Gasteiger partial charge is 0.467 e. The van der Waals surface area contributed by atoms with Crippen molar-refractivity contribution in [3.05, 3.63) is 47.9 Å². The summed E-state index contributed by atoms with van der Waals surface area (Å²) >= 11 is 1.46. The first-order valence-corrected chi connectivity index (χ1v) is 9.36. The molecule has 7 nitrogen and oxygen atoms in total. The fourth-order valence-electron chi connectivity index (χ4n) is 2.40. The van der Waals surface area contributed by atoms with Gasteiger partial charge in [0, 0.05) is 6.20 Å². The molecule has 1 aromatic heterocycles. The standard InChI is InChI=1S/C18H23N3O4S/c1-12(19-18(23)25-11-14-8-6-5-7-9-14)16-20-15(26-4)10-21(16)13(2)17(22)24-3/h5-10,12-13H,11H2,1-4H3,(H,19,23)/t12-,13-/m0/s1. The van der Waals surface area contributed by atoms with Crippen molar-refractivity contribution in [2.45, 2.75) is 37.6 Å². The molecule has 1 heterocycles. The van der Waals surface area contributed by atoms with Crippen LogP contribution in [-0.4, -0.2) is 35.0 Å². The number of hydrogen-bond donors (Lipinski definition) is 1. The van der Waals surface area contributed by atoms with Gasteiger partial charge in [-0.3, -0.25) is 0 Å². The van der Waals surface area contributed by atoms with Gasteiger partial charge in [-0.1, -0.05) is 30.3 Å². The van der Waals surface area contributed by atoms with Crippen LogP contribution in [0.15, 0.2) is 41.6 Å². The van der Waals surface area contributed by atoms with Crippen LogP contribution in [0, 0.1) is 0 Å². The van der Waals surface area contributed by atoms with Crippen molar-refractivity contribution in [2.75, 3.05) is 13.4 Å². The third-order valence-electron chi connectivity index (χ3n) is 3.84. The van der Waals surface area contributed by atoms with E-state index in [-0.39, 0.29) is 12.6 Å². The third-order valence-corrected chi connectivity index (χ3v) is 4.46. The minimum Gasteiger partial charge on any atom is -0.467 e. The summed E-state index contributed by atoms with van der Waals surface area (Å²) in [7, 11) is 1.34. The van der Waals surface area contributed by atoms with Gasteiger partial charge in [-0.15, -0.1) is 11.8 Å². The van der Waals surface area contributed by atoms with Crippen LogP contribution in [-0.2, 0) is 20.9 Å². The zero-order valence-electron chi connectivity index (χ0n) is 15.3. The minimum atomic E-state index is -0.549. The maximum atomic E-state index is 12.1. The molecule has 0 radical (unpaired) electrons. The number of nitrogens with one attached hydrogen (secondary N) is 1. The molecule has 2 atom stereocenters. The van der Waals surface area contributed by atoms with E-state index in [1.807, 2.05) is 36.6 Å². The van der Waals surface area contributed by atoms with Gasteiger partial charge in [0.15, 0.2) is 0 Å². The number of hydrogen-bond acceptors (Lipinski definition) is 6. The molecule has 2 aromatic rings. The van der Waals surface area contributed by atoms with E-state index < -0.39 is 18.2 Å². The van der Waals surface area contributed by atoms with E-state index in [4.69, 9.17) is 9.47 Å². The summed E-state index contributed by atoms with van der Waals surface area (Å²) in [6.07, 6.45) is 3.12. The number of ether oxygens (including phenoxy) is 2. The lowest BCUT2D eigenvalue weighted by atomic mass is 10.2. The average Bonchev–Trinajstić information content (AvgIpc) is 3.10. The van der Waals surface area contributed by atoms with Crippen LogP contribution in [0.2, 0.25) is 0 Å². The van der Waals surface area contributed by atoms with Crippen LogP contribution >= 0.6 is 11.8 Å². The first-order valence-electron chi connectivity index (χ1n) is 8.14. The fourth-order valence-corrected chi connectivity index (χ4v) is 2.81.